The van der Waals surface area contributed by atoms with Crippen LogP contribution in [0.15, 0.2) is 48.7 Å². The van der Waals surface area contributed by atoms with Gasteiger partial charge >= 0.3 is 12.1 Å². The zero-order valence-corrected chi connectivity index (χ0v) is 23.4. The number of benzene rings is 2. The molecule has 2 aromatic carbocycles. The SMILES string of the molecule is CCCn1cc(-c2ccc(NC(=O)N3CCC(N4CCN(Cc5cc(OC)ccc5OC)C4=O)CC3)cc2)nn1. The predicted molar refractivity (Wildman–Crippen MR) is 151 cm³/mol. The molecule has 3 aromatic rings. The Bertz CT molecular complexity index is 1320. The summed E-state index contributed by atoms with van der Waals surface area (Å²) >= 11 is 0. The monoisotopic (exact) mass is 547 g/mol. The van der Waals surface area contributed by atoms with E-state index in [1.807, 2.05) is 68.0 Å². The molecule has 2 aliphatic rings. The van der Waals surface area contributed by atoms with Crippen LogP contribution in [0.25, 0.3) is 11.3 Å². The largest absolute Gasteiger partial charge is 0.497 e. The average molecular weight is 548 g/mol. The van der Waals surface area contributed by atoms with E-state index in [0.717, 1.165) is 59.8 Å². The molecular formula is C29H37N7O4. The summed E-state index contributed by atoms with van der Waals surface area (Å²) in [5.74, 6) is 1.47. The first-order valence-electron chi connectivity index (χ1n) is 13.8. The molecule has 0 spiro atoms. The number of amides is 4. The first-order valence-corrected chi connectivity index (χ1v) is 13.8. The van der Waals surface area contributed by atoms with Crippen LogP contribution >= 0.6 is 0 Å². The summed E-state index contributed by atoms with van der Waals surface area (Å²) in [7, 11) is 3.25. The van der Waals surface area contributed by atoms with Gasteiger partial charge in [-0.1, -0.05) is 24.3 Å². The maximum absolute atomic E-state index is 13.3. The van der Waals surface area contributed by atoms with Gasteiger partial charge in [0.05, 0.1) is 27.0 Å². The van der Waals surface area contributed by atoms with Crippen LogP contribution in [-0.4, -0.2) is 88.2 Å². The van der Waals surface area contributed by atoms with Gasteiger partial charge in [-0.05, 0) is 49.6 Å². The Balaban J connectivity index is 1.11. The zero-order valence-electron chi connectivity index (χ0n) is 23.4. The lowest BCUT2D eigenvalue weighted by molar-refractivity contribution is 0.139. The number of anilines is 1. The van der Waals surface area contributed by atoms with Crippen molar-refractivity contribution in [3.05, 3.63) is 54.2 Å². The minimum atomic E-state index is -0.125. The quantitative estimate of drug-likeness (QED) is 0.428. The second-order valence-corrected chi connectivity index (χ2v) is 10.2. The van der Waals surface area contributed by atoms with Gasteiger partial charge in [0.25, 0.3) is 0 Å². The summed E-state index contributed by atoms with van der Waals surface area (Å²) in [5.41, 5.74) is 3.41. The number of aryl methyl sites for hydroxylation is 1. The molecule has 4 amide bonds. The number of hydrogen-bond acceptors (Lipinski definition) is 6. The second-order valence-electron chi connectivity index (χ2n) is 10.2. The van der Waals surface area contributed by atoms with Crippen molar-refractivity contribution in [2.75, 3.05) is 45.7 Å². The molecule has 5 rings (SSSR count). The Morgan fingerprint density at radius 1 is 1.02 bits per heavy atom. The fraction of sp³-hybridized carbons (Fsp3) is 0.448. The Morgan fingerprint density at radius 2 is 1.80 bits per heavy atom. The predicted octanol–water partition coefficient (Wildman–Crippen LogP) is 4.31. The Kier molecular flexibility index (Phi) is 8.37. The van der Waals surface area contributed by atoms with Crippen LogP contribution in [0.4, 0.5) is 15.3 Å². The molecule has 40 heavy (non-hydrogen) atoms. The fourth-order valence-electron chi connectivity index (χ4n) is 5.37. The lowest BCUT2D eigenvalue weighted by Crippen LogP contribution is -2.49. The number of piperidine rings is 1. The number of hydrogen-bond donors (Lipinski definition) is 1. The van der Waals surface area contributed by atoms with Crippen molar-refractivity contribution in [3.63, 3.8) is 0 Å². The molecular weight excluding hydrogens is 510 g/mol. The van der Waals surface area contributed by atoms with E-state index in [1.54, 1.807) is 14.2 Å². The molecule has 1 N–H and O–H groups in total. The van der Waals surface area contributed by atoms with Crippen LogP contribution in [0.5, 0.6) is 11.5 Å². The molecule has 2 fully saturated rings. The highest BCUT2D eigenvalue weighted by atomic mass is 16.5. The molecule has 0 atom stereocenters. The second kappa shape index (κ2) is 12.3. The van der Waals surface area contributed by atoms with Crippen LogP contribution in [0, 0.1) is 0 Å². The van der Waals surface area contributed by atoms with Gasteiger partial charge in [-0.25, -0.2) is 9.59 Å². The molecule has 2 aliphatic heterocycles. The van der Waals surface area contributed by atoms with E-state index in [2.05, 4.69) is 22.6 Å². The lowest BCUT2D eigenvalue weighted by Gasteiger charge is -2.36. The summed E-state index contributed by atoms with van der Waals surface area (Å²) < 4.78 is 12.7. The highest BCUT2D eigenvalue weighted by molar-refractivity contribution is 5.89. The highest BCUT2D eigenvalue weighted by Crippen LogP contribution is 2.28. The van der Waals surface area contributed by atoms with Gasteiger partial charge in [0.15, 0.2) is 0 Å². The number of aromatic nitrogens is 3. The molecule has 2 saturated heterocycles. The van der Waals surface area contributed by atoms with E-state index in [-0.39, 0.29) is 18.1 Å². The van der Waals surface area contributed by atoms with Crippen molar-refractivity contribution < 1.29 is 19.1 Å². The molecule has 0 saturated carbocycles. The number of likely N-dealkylation sites (tertiary alicyclic amines) is 1. The number of nitrogens with one attached hydrogen (secondary N) is 1. The molecule has 0 aliphatic carbocycles. The lowest BCUT2D eigenvalue weighted by atomic mass is 10.0. The van der Waals surface area contributed by atoms with E-state index < -0.39 is 0 Å². The molecule has 11 nitrogen and oxygen atoms in total. The van der Waals surface area contributed by atoms with Crippen molar-refractivity contribution in [2.24, 2.45) is 0 Å². The molecule has 1 aromatic heterocycles. The van der Waals surface area contributed by atoms with Crippen LogP contribution in [-0.2, 0) is 13.1 Å². The number of methoxy groups -OCH3 is 2. The first-order chi connectivity index (χ1) is 19.5. The third-order valence-electron chi connectivity index (χ3n) is 7.59. The standard InChI is InChI=1S/C29H37N7O4/c1-4-13-35-20-26(31-32-35)21-5-7-23(8-6-21)30-28(37)33-14-11-24(12-15-33)36-17-16-34(29(36)38)19-22-18-25(39-2)9-10-27(22)40-3/h5-10,18,20,24H,4,11-17,19H2,1-3H3,(H,30,37). The van der Waals surface area contributed by atoms with E-state index in [1.165, 1.54) is 0 Å². The zero-order chi connectivity index (χ0) is 28.1. The number of carbonyl (C=O) groups excluding carboxylic acids is 2. The van der Waals surface area contributed by atoms with Crippen LogP contribution < -0.4 is 14.8 Å². The topological polar surface area (TPSA) is 105 Å². The first kappa shape index (κ1) is 27.3. The van der Waals surface area contributed by atoms with E-state index in [9.17, 15) is 9.59 Å². The van der Waals surface area contributed by atoms with E-state index in [4.69, 9.17) is 9.47 Å². The van der Waals surface area contributed by atoms with E-state index in [0.29, 0.717) is 32.7 Å². The third-order valence-corrected chi connectivity index (χ3v) is 7.59. The molecule has 0 radical (unpaired) electrons. The Labute approximate surface area is 234 Å². The van der Waals surface area contributed by atoms with Gasteiger partial charge in [-0.15, -0.1) is 5.10 Å². The fourth-order valence-corrected chi connectivity index (χ4v) is 5.37. The van der Waals surface area contributed by atoms with E-state index >= 15 is 0 Å². The summed E-state index contributed by atoms with van der Waals surface area (Å²) in [6.45, 7) is 5.94. The molecule has 11 heteroatoms. The molecule has 0 unspecified atom stereocenters. The third kappa shape index (κ3) is 5.98. The van der Waals surface area contributed by atoms with Gasteiger partial charge in [0, 0.05) is 55.6 Å². The van der Waals surface area contributed by atoms with Gasteiger partial charge in [-0.2, -0.15) is 0 Å². The number of rotatable bonds is 9. The van der Waals surface area contributed by atoms with Crippen LogP contribution in [0.2, 0.25) is 0 Å². The normalized spacial score (nSPS) is 16.0. The molecule has 212 valence electrons. The summed E-state index contributed by atoms with van der Waals surface area (Å²) in [6.07, 6.45) is 4.43. The molecule has 3 heterocycles. The Hall–Kier alpha value is -4.28. The minimum absolute atomic E-state index is 0.0302. The number of carbonyl (C=O) groups is 2. The number of urea groups is 2. The van der Waals surface area contributed by atoms with Gasteiger partial charge in [0.2, 0.25) is 0 Å². The van der Waals surface area contributed by atoms with Gasteiger partial charge in [0.1, 0.15) is 17.2 Å². The molecule has 0 bridgehead atoms. The minimum Gasteiger partial charge on any atom is -0.497 e. The maximum Gasteiger partial charge on any atom is 0.321 e. The van der Waals surface area contributed by atoms with Crippen molar-refractivity contribution in [2.45, 2.75) is 45.3 Å². The van der Waals surface area contributed by atoms with Crippen molar-refractivity contribution >= 4 is 17.7 Å². The average Bonchev–Trinajstić information content (AvgIpc) is 3.60. The smallest absolute Gasteiger partial charge is 0.321 e. The maximum atomic E-state index is 13.3. The van der Waals surface area contributed by atoms with Crippen molar-refractivity contribution in [3.8, 4) is 22.8 Å². The number of nitrogens with zero attached hydrogens (tertiary/aromatic N) is 6. The van der Waals surface area contributed by atoms with Gasteiger partial charge in [-0.3, -0.25) is 4.68 Å². The highest BCUT2D eigenvalue weighted by Gasteiger charge is 2.36. The van der Waals surface area contributed by atoms with Crippen molar-refractivity contribution in [1.82, 2.24) is 29.7 Å². The van der Waals surface area contributed by atoms with Crippen LogP contribution in [0.1, 0.15) is 31.7 Å². The summed E-state index contributed by atoms with van der Waals surface area (Å²) in [5, 5.41) is 11.4. The van der Waals surface area contributed by atoms with Crippen LogP contribution in [0.3, 0.4) is 0 Å². The van der Waals surface area contributed by atoms with Gasteiger partial charge < -0.3 is 29.5 Å². The summed E-state index contributed by atoms with van der Waals surface area (Å²) in [4.78, 5) is 31.8. The number of ether oxygens (including phenoxy) is 2. The van der Waals surface area contributed by atoms with Crippen molar-refractivity contribution in [1.29, 1.82) is 0 Å². The Morgan fingerprint density at radius 3 is 2.50 bits per heavy atom. The summed E-state index contributed by atoms with van der Waals surface area (Å²) in [6, 6.07) is 13.3.